The number of fused-ring (bicyclic) bond motifs is 2. The Morgan fingerprint density at radius 3 is 2.67 bits per heavy atom. The Morgan fingerprint density at radius 1 is 1.07 bits per heavy atom. The van der Waals surface area contributed by atoms with Crippen LogP contribution in [-0.4, -0.2) is 28.8 Å². The van der Waals surface area contributed by atoms with Gasteiger partial charge in [0, 0.05) is 28.4 Å². The third-order valence-corrected chi connectivity index (χ3v) is 6.87. The number of aryl methyl sites for hydroxylation is 1. The molecule has 7 heteroatoms. The first-order valence-electron chi connectivity index (χ1n) is 8.71. The van der Waals surface area contributed by atoms with Crippen LogP contribution < -0.4 is 5.32 Å². The average Bonchev–Trinajstić information content (AvgIpc) is 3.01. The second-order valence-electron chi connectivity index (χ2n) is 6.81. The summed E-state index contributed by atoms with van der Waals surface area (Å²) in [4.78, 5) is 4.64. The molecule has 0 bridgehead atoms. The second kappa shape index (κ2) is 6.35. The first-order valence-corrected chi connectivity index (χ1v) is 10.3. The maximum absolute atomic E-state index is 12.9. The van der Waals surface area contributed by atoms with Gasteiger partial charge in [-0.05, 0) is 57.2 Å². The van der Waals surface area contributed by atoms with Gasteiger partial charge in [-0.25, -0.2) is 8.42 Å². The van der Waals surface area contributed by atoms with Crippen LogP contribution in [0, 0.1) is 6.92 Å². The lowest BCUT2D eigenvalue weighted by molar-refractivity contribution is 0.588. The van der Waals surface area contributed by atoms with Crippen molar-refractivity contribution in [3.8, 4) is 0 Å². The van der Waals surface area contributed by atoms with Gasteiger partial charge < -0.3 is 5.32 Å². The minimum absolute atomic E-state index is 0.294. The van der Waals surface area contributed by atoms with Gasteiger partial charge in [-0.1, -0.05) is 6.07 Å². The molecule has 0 saturated carbocycles. The quantitative estimate of drug-likeness (QED) is 0.550. The molecule has 2 aromatic carbocycles. The maximum atomic E-state index is 12.9. The zero-order valence-electron chi connectivity index (χ0n) is 15.3. The van der Waals surface area contributed by atoms with Crippen LogP contribution in [0.4, 0.5) is 11.4 Å². The van der Waals surface area contributed by atoms with E-state index in [2.05, 4.69) is 20.5 Å². The number of hydrogen-bond donors (Lipinski definition) is 2. The van der Waals surface area contributed by atoms with Crippen molar-refractivity contribution in [3.63, 3.8) is 0 Å². The Morgan fingerprint density at radius 2 is 1.89 bits per heavy atom. The van der Waals surface area contributed by atoms with Crippen molar-refractivity contribution in [2.45, 2.75) is 30.9 Å². The molecule has 0 saturated heterocycles. The number of nitrogens with zero attached hydrogens (tertiary/aromatic N) is 2. The molecule has 2 N–H and O–H groups in total. The van der Waals surface area contributed by atoms with Crippen LogP contribution in [0.15, 0.2) is 53.6 Å². The lowest BCUT2D eigenvalue weighted by Crippen LogP contribution is -2.14. The molecule has 0 radical (unpaired) electrons. The van der Waals surface area contributed by atoms with E-state index < -0.39 is 15.1 Å². The number of aromatic amines is 1. The predicted octanol–water partition coefficient (Wildman–Crippen LogP) is 4.35. The molecule has 4 aromatic rings. The van der Waals surface area contributed by atoms with Gasteiger partial charge in [-0.3, -0.25) is 10.1 Å². The molecule has 4 rings (SSSR count). The molecule has 27 heavy (non-hydrogen) atoms. The number of H-pyrrole nitrogens is 1. The number of benzene rings is 2. The van der Waals surface area contributed by atoms with Crippen LogP contribution >= 0.6 is 0 Å². The van der Waals surface area contributed by atoms with Gasteiger partial charge in [0.1, 0.15) is 0 Å². The fourth-order valence-electron chi connectivity index (χ4n) is 3.15. The van der Waals surface area contributed by atoms with Crippen molar-refractivity contribution in [1.29, 1.82) is 0 Å². The van der Waals surface area contributed by atoms with Crippen LogP contribution in [0.1, 0.15) is 19.5 Å². The molecule has 2 heterocycles. The summed E-state index contributed by atoms with van der Waals surface area (Å²) in [7, 11) is -3.45. The smallest absolute Gasteiger partial charge is 0.181 e. The molecule has 0 aliphatic heterocycles. The van der Waals surface area contributed by atoms with E-state index in [1.807, 2.05) is 31.2 Å². The van der Waals surface area contributed by atoms with Gasteiger partial charge in [0.05, 0.1) is 26.9 Å². The van der Waals surface area contributed by atoms with Crippen molar-refractivity contribution in [1.82, 2.24) is 15.2 Å². The summed E-state index contributed by atoms with van der Waals surface area (Å²) in [6.07, 6.45) is 1.67. The molecule has 0 fully saturated rings. The fourth-order valence-corrected chi connectivity index (χ4v) is 4.42. The largest absolute Gasteiger partial charge is 0.355 e. The number of nitrogens with one attached hydrogen (secondary N) is 2. The summed E-state index contributed by atoms with van der Waals surface area (Å²) in [5.41, 5.74) is 4.03. The monoisotopic (exact) mass is 380 g/mol. The third kappa shape index (κ3) is 2.94. The number of sulfone groups is 1. The SMILES string of the molecule is Cc1[nH]nc2cc(Nc3ccnc4cccc(S(=O)(=O)C(C)C)c34)ccc12. The lowest BCUT2D eigenvalue weighted by atomic mass is 10.1. The molecule has 2 aromatic heterocycles. The van der Waals surface area contributed by atoms with E-state index >= 15 is 0 Å². The van der Waals surface area contributed by atoms with E-state index in [0.29, 0.717) is 21.5 Å². The highest BCUT2D eigenvalue weighted by Gasteiger charge is 2.23. The highest BCUT2D eigenvalue weighted by atomic mass is 32.2. The van der Waals surface area contributed by atoms with Gasteiger partial charge in [-0.15, -0.1) is 0 Å². The standard InChI is InChI=1S/C20H20N4O2S/c1-12(2)27(25,26)19-6-4-5-16-20(19)17(9-10-21-16)22-14-7-8-15-13(3)23-24-18(15)11-14/h4-12H,1-3H3,(H,21,22)(H,23,24). The van der Waals surface area contributed by atoms with Crippen LogP contribution in [0.3, 0.4) is 0 Å². The van der Waals surface area contributed by atoms with E-state index in [0.717, 1.165) is 22.3 Å². The van der Waals surface area contributed by atoms with Gasteiger partial charge in [0.25, 0.3) is 0 Å². The minimum atomic E-state index is -3.45. The molecule has 0 aliphatic rings. The van der Waals surface area contributed by atoms with E-state index in [1.54, 1.807) is 38.2 Å². The van der Waals surface area contributed by atoms with E-state index in [9.17, 15) is 8.42 Å². The Kier molecular flexibility index (Phi) is 4.11. The molecule has 0 aliphatic carbocycles. The first-order chi connectivity index (χ1) is 12.9. The highest BCUT2D eigenvalue weighted by Crippen LogP contribution is 2.33. The van der Waals surface area contributed by atoms with Crippen molar-refractivity contribution in [2.24, 2.45) is 0 Å². The number of rotatable bonds is 4. The second-order valence-corrected chi connectivity index (χ2v) is 9.28. The molecular formula is C20H20N4O2S. The first kappa shape index (κ1) is 17.5. The van der Waals surface area contributed by atoms with Crippen LogP contribution in [-0.2, 0) is 9.84 Å². The van der Waals surface area contributed by atoms with E-state index in [-0.39, 0.29) is 0 Å². The molecule has 0 spiro atoms. The summed E-state index contributed by atoms with van der Waals surface area (Å²) in [6.45, 7) is 5.35. The summed E-state index contributed by atoms with van der Waals surface area (Å²) >= 11 is 0. The molecule has 138 valence electrons. The van der Waals surface area contributed by atoms with Crippen molar-refractivity contribution in [3.05, 3.63) is 54.4 Å². The molecule has 0 unspecified atom stereocenters. The minimum Gasteiger partial charge on any atom is -0.355 e. The topological polar surface area (TPSA) is 87.7 Å². The van der Waals surface area contributed by atoms with E-state index in [1.165, 1.54) is 0 Å². The van der Waals surface area contributed by atoms with E-state index in [4.69, 9.17) is 0 Å². The zero-order chi connectivity index (χ0) is 19.2. The Hall–Kier alpha value is -2.93. The number of pyridine rings is 1. The predicted molar refractivity (Wildman–Crippen MR) is 108 cm³/mol. The van der Waals surface area contributed by atoms with Crippen molar-refractivity contribution >= 4 is 43.0 Å². The summed E-state index contributed by atoms with van der Waals surface area (Å²) in [5, 5.41) is 11.8. The van der Waals surface area contributed by atoms with Crippen molar-refractivity contribution < 1.29 is 8.42 Å². The Balaban J connectivity index is 1.88. The number of hydrogen-bond acceptors (Lipinski definition) is 5. The number of anilines is 2. The van der Waals surface area contributed by atoms with Crippen LogP contribution in [0.25, 0.3) is 21.8 Å². The summed E-state index contributed by atoms with van der Waals surface area (Å²) in [5.74, 6) is 0. The highest BCUT2D eigenvalue weighted by molar-refractivity contribution is 7.92. The molecule has 0 atom stereocenters. The summed E-state index contributed by atoms with van der Waals surface area (Å²) in [6, 6.07) is 12.9. The van der Waals surface area contributed by atoms with Gasteiger partial charge in [0.15, 0.2) is 9.84 Å². The molecule has 0 amide bonds. The lowest BCUT2D eigenvalue weighted by Gasteiger charge is -2.15. The maximum Gasteiger partial charge on any atom is 0.181 e. The normalized spacial score (nSPS) is 12.1. The Labute approximate surface area is 157 Å². The average molecular weight is 380 g/mol. The molecular weight excluding hydrogens is 360 g/mol. The third-order valence-electron chi connectivity index (χ3n) is 4.68. The van der Waals surface area contributed by atoms with Gasteiger partial charge in [0.2, 0.25) is 0 Å². The van der Waals surface area contributed by atoms with Crippen LogP contribution in [0.2, 0.25) is 0 Å². The fraction of sp³-hybridized carbons (Fsp3) is 0.200. The Bertz CT molecular complexity index is 1250. The van der Waals surface area contributed by atoms with Gasteiger partial charge >= 0.3 is 0 Å². The van der Waals surface area contributed by atoms with Crippen molar-refractivity contribution in [2.75, 3.05) is 5.32 Å². The number of aromatic nitrogens is 3. The zero-order valence-corrected chi connectivity index (χ0v) is 16.1. The van der Waals surface area contributed by atoms with Crippen LogP contribution in [0.5, 0.6) is 0 Å². The summed E-state index contributed by atoms with van der Waals surface area (Å²) < 4.78 is 25.7. The molecule has 6 nitrogen and oxygen atoms in total. The van der Waals surface area contributed by atoms with Gasteiger partial charge in [-0.2, -0.15) is 5.10 Å².